The van der Waals surface area contributed by atoms with Crippen LogP contribution < -0.4 is 0 Å². The van der Waals surface area contributed by atoms with E-state index in [-0.39, 0.29) is 5.92 Å². The van der Waals surface area contributed by atoms with Crippen LogP contribution >= 0.6 is 11.3 Å². The summed E-state index contributed by atoms with van der Waals surface area (Å²) in [4.78, 5) is 4.66. The second-order valence-electron chi connectivity index (χ2n) is 4.02. The number of hydrogen-bond acceptors (Lipinski definition) is 1. The molecule has 0 aliphatic carbocycles. The van der Waals surface area contributed by atoms with E-state index in [1.165, 1.54) is 21.3 Å². The Balaban J connectivity index is 2.17. The topological polar surface area (TPSA) is 15.8 Å². The molecular formula is C15H13NS. The van der Waals surface area contributed by atoms with Crippen LogP contribution in [0.4, 0.5) is 0 Å². The van der Waals surface area contributed by atoms with Crippen molar-refractivity contribution in [3.8, 4) is 0 Å². The van der Waals surface area contributed by atoms with Gasteiger partial charge >= 0.3 is 0 Å². The van der Waals surface area contributed by atoms with E-state index in [0.29, 0.717) is 0 Å². The molecule has 1 nitrogen and oxygen atoms in total. The molecule has 0 spiro atoms. The highest BCUT2D eigenvalue weighted by molar-refractivity contribution is 7.10. The normalized spacial score (nSPS) is 12.7. The number of rotatable bonds is 3. The largest absolute Gasteiger partial charge is 0.361 e. The summed E-state index contributed by atoms with van der Waals surface area (Å²) >= 11 is 1.78. The minimum absolute atomic E-state index is 0.283. The van der Waals surface area contributed by atoms with Crippen LogP contribution in [0.1, 0.15) is 16.4 Å². The molecule has 0 amide bonds. The molecule has 0 radical (unpaired) electrons. The summed E-state index contributed by atoms with van der Waals surface area (Å²) in [6, 6.07) is 12.6. The van der Waals surface area contributed by atoms with E-state index in [2.05, 4.69) is 59.5 Å². The van der Waals surface area contributed by atoms with Gasteiger partial charge in [0, 0.05) is 27.9 Å². The molecule has 2 heterocycles. The number of fused-ring (bicyclic) bond motifs is 1. The van der Waals surface area contributed by atoms with Crippen LogP contribution in [-0.4, -0.2) is 4.98 Å². The first kappa shape index (κ1) is 10.4. The van der Waals surface area contributed by atoms with Crippen molar-refractivity contribution in [2.45, 2.75) is 5.92 Å². The summed E-state index contributed by atoms with van der Waals surface area (Å²) in [5.74, 6) is 0.283. The molecule has 0 saturated heterocycles. The highest BCUT2D eigenvalue weighted by atomic mass is 32.1. The van der Waals surface area contributed by atoms with Gasteiger partial charge in [-0.15, -0.1) is 17.9 Å². The zero-order chi connectivity index (χ0) is 11.7. The van der Waals surface area contributed by atoms with Gasteiger partial charge in [0.25, 0.3) is 0 Å². The first-order valence-electron chi connectivity index (χ1n) is 5.62. The number of allylic oxidation sites excluding steroid dienone is 1. The maximum absolute atomic E-state index is 3.97. The van der Waals surface area contributed by atoms with E-state index in [1.807, 2.05) is 6.08 Å². The average molecular weight is 239 g/mol. The van der Waals surface area contributed by atoms with Gasteiger partial charge in [-0.2, -0.15) is 0 Å². The molecule has 1 atom stereocenters. The number of H-pyrrole nitrogens is 1. The molecule has 1 unspecified atom stereocenters. The quantitative estimate of drug-likeness (QED) is 0.645. The van der Waals surface area contributed by atoms with E-state index < -0.39 is 0 Å². The number of aromatic amines is 1. The maximum atomic E-state index is 3.97. The lowest BCUT2D eigenvalue weighted by molar-refractivity contribution is 1.08. The Morgan fingerprint density at radius 3 is 2.82 bits per heavy atom. The summed E-state index contributed by atoms with van der Waals surface area (Å²) in [6.07, 6.45) is 4.11. The van der Waals surface area contributed by atoms with Crippen LogP contribution in [0.2, 0.25) is 0 Å². The Morgan fingerprint density at radius 1 is 1.18 bits per heavy atom. The predicted molar refractivity (Wildman–Crippen MR) is 74.7 cm³/mol. The lowest BCUT2D eigenvalue weighted by atomic mass is 9.97. The SMILES string of the molecule is C=CC(c1cccs1)c1c[nH]c2ccccc12. The van der Waals surface area contributed by atoms with Crippen molar-refractivity contribution in [3.63, 3.8) is 0 Å². The van der Waals surface area contributed by atoms with Gasteiger partial charge in [-0.1, -0.05) is 30.3 Å². The fourth-order valence-corrected chi connectivity index (χ4v) is 3.06. The fraction of sp³-hybridized carbons (Fsp3) is 0.0667. The van der Waals surface area contributed by atoms with Crippen LogP contribution in [0, 0.1) is 0 Å². The Labute approximate surface area is 104 Å². The molecule has 0 bridgehead atoms. The predicted octanol–water partition coefficient (Wildman–Crippen LogP) is 4.55. The van der Waals surface area contributed by atoms with Gasteiger partial charge in [0.2, 0.25) is 0 Å². The summed E-state index contributed by atoms with van der Waals surface area (Å²) in [6.45, 7) is 3.97. The lowest BCUT2D eigenvalue weighted by Crippen LogP contribution is -1.92. The highest BCUT2D eigenvalue weighted by Gasteiger charge is 2.15. The number of aromatic nitrogens is 1. The number of thiophene rings is 1. The van der Waals surface area contributed by atoms with Crippen LogP contribution in [-0.2, 0) is 0 Å². The van der Waals surface area contributed by atoms with Crippen molar-refractivity contribution in [2.24, 2.45) is 0 Å². The van der Waals surface area contributed by atoms with Crippen molar-refractivity contribution >= 4 is 22.2 Å². The molecule has 2 heteroatoms. The molecule has 3 aromatic rings. The molecule has 0 aliphatic heterocycles. The summed E-state index contributed by atoms with van der Waals surface area (Å²) in [5, 5.41) is 3.39. The van der Waals surface area contributed by atoms with Gasteiger partial charge in [0.1, 0.15) is 0 Å². The van der Waals surface area contributed by atoms with Crippen molar-refractivity contribution in [1.29, 1.82) is 0 Å². The van der Waals surface area contributed by atoms with E-state index in [9.17, 15) is 0 Å². The Morgan fingerprint density at radius 2 is 2.06 bits per heavy atom. The Bertz CT molecular complexity index is 634. The van der Waals surface area contributed by atoms with Gasteiger partial charge in [-0.05, 0) is 23.1 Å². The second-order valence-corrected chi connectivity index (χ2v) is 5.00. The third-order valence-corrected chi connectivity index (χ3v) is 4.00. The highest BCUT2D eigenvalue weighted by Crippen LogP contribution is 2.33. The summed E-state index contributed by atoms with van der Waals surface area (Å²) < 4.78 is 0. The zero-order valence-electron chi connectivity index (χ0n) is 9.39. The molecule has 84 valence electrons. The molecule has 3 rings (SSSR count). The zero-order valence-corrected chi connectivity index (χ0v) is 10.2. The van der Waals surface area contributed by atoms with Gasteiger partial charge in [0.15, 0.2) is 0 Å². The summed E-state index contributed by atoms with van der Waals surface area (Å²) in [5.41, 5.74) is 2.49. The molecule has 0 fully saturated rings. The van der Waals surface area contributed by atoms with Crippen molar-refractivity contribution < 1.29 is 0 Å². The smallest absolute Gasteiger partial charge is 0.0457 e. The molecule has 0 saturated carbocycles. The van der Waals surface area contributed by atoms with E-state index >= 15 is 0 Å². The van der Waals surface area contributed by atoms with E-state index in [0.717, 1.165) is 0 Å². The first-order chi connectivity index (χ1) is 8.40. The molecule has 1 N–H and O–H groups in total. The maximum Gasteiger partial charge on any atom is 0.0457 e. The first-order valence-corrected chi connectivity index (χ1v) is 6.50. The van der Waals surface area contributed by atoms with Gasteiger partial charge in [-0.3, -0.25) is 0 Å². The van der Waals surface area contributed by atoms with Gasteiger partial charge in [0.05, 0.1) is 0 Å². The van der Waals surface area contributed by atoms with Crippen LogP contribution in [0.3, 0.4) is 0 Å². The van der Waals surface area contributed by atoms with Crippen molar-refractivity contribution in [1.82, 2.24) is 4.98 Å². The number of para-hydroxylation sites is 1. The molecule has 1 aromatic carbocycles. The van der Waals surface area contributed by atoms with Crippen LogP contribution in [0.15, 0.2) is 60.6 Å². The minimum atomic E-state index is 0.283. The van der Waals surface area contributed by atoms with E-state index in [1.54, 1.807) is 11.3 Å². The standard InChI is InChI=1S/C15H13NS/c1-2-11(15-8-5-9-17-15)13-10-16-14-7-4-3-6-12(13)14/h2-11,16H,1H2. The van der Waals surface area contributed by atoms with Gasteiger partial charge < -0.3 is 4.98 Å². The van der Waals surface area contributed by atoms with Crippen LogP contribution in [0.5, 0.6) is 0 Å². The minimum Gasteiger partial charge on any atom is -0.361 e. The second kappa shape index (κ2) is 4.22. The number of hydrogen-bond donors (Lipinski definition) is 1. The Hall–Kier alpha value is -1.80. The average Bonchev–Trinajstić information content (AvgIpc) is 3.01. The molecular weight excluding hydrogens is 226 g/mol. The molecule has 2 aromatic heterocycles. The van der Waals surface area contributed by atoms with Crippen molar-refractivity contribution in [3.05, 3.63) is 71.1 Å². The summed E-state index contributed by atoms with van der Waals surface area (Å²) in [7, 11) is 0. The van der Waals surface area contributed by atoms with Crippen molar-refractivity contribution in [2.75, 3.05) is 0 Å². The Kier molecular flexibility index (Phi) is 2.57. The monoisotopic (exact) mass is 239 g/mol. The fourth-order valence-electron chi connectivity index (χ4n) is 2.22. The molecule has 17 heavy (non-hydrogen) atoms. The van der Waals surface area contributed by atoms with Gasteiger partial charge in [-0.25, -0.2) is 0 Å². The molecule has 0 aliphatic rings. The third kappa shape index (κ3) is 1.71. The number of benzene rings is 1. The van der Waals surface area contributed by atoms with Crippen LogP contribution in [0.25, 0.3) is 10.9 Å². The third-order valence-electron chi connectivity index (χ3n) is 3.04. The van der Waals surface area contributed by atoms with E-state index in [4.69, 9.17) is 0 Å². The lowest BCUT2D eigenvalue weighted by Gasteiger charge is -2.09. The number of nitrogens with one attached hydrogen (secondary N) is 1.